The van der Waals surface area contributed by atoms with Gasteiger partial charge in [0, 0.05) is 36.6 Å². The molecule has 2 aromatic rings. The van der Waals surface area contributed by atoms with Crippen LogP contribution in [0, 0.1) is 5.92 Å². The van der Waals surface area contributed by atoms with Crippen LogP contribution in [0.25, 0.3) is 0 Å². The van der Waals surface area contributed by atoms with Crippen LogP contribution in [-0.4, -0.2) is 35.1 Å². The number of amides is 2. The molecule has 7 nitrogen and oxygen atoms in total. The second-order valence-electron chi connectivity index (χ2n) is 6.26. The maximum Gasteiger partial charge on any atom is 0.321 e. The van der Waals surface area contributed by atoms with Gasteiger partial charge in [0.15, 0.2) is 0 Å². The first-order chi connectivity index (χ1) is 12.5. The van der Waals surface area contributed by atoms with E-state index in [0.29, 0.717) is 42.3 Å². The van der Waals surface area contributed by atoms with E-state index in [2.05, 4.69) is 5.32 Å². The summed E-state index contributed by atoms with van der Waals surface area (Å²) in [4.78, 5) is 25.1. The molecule has 3 rings (SSSR count). The van der Waals surface area contributed by atoms with Crippen LogP contribution in [-0.2, 0) is 4.79 Å². The molecule has 7 heteroatoms. The van der Waals surface area contributed by atoms with Gasteiger partial charge < -0.3 is 25.8 Å². The summed E-state index contributed by atoms with van der Waals surface area (Å²) in [6.07, 6.45) is 1.28. The fourth-order valence-corrected chi connectivity index (χ4v) is 2.92. The Bertz CT molecular complexity index is 809. The monoisotopic (exact) mass is 355 g/mol. The van der Waals surface area contributed by atoms with Crippen molar-refractivity contribution in [3.8, 4) is 11.5 Å². The van der Waals surface area contributed by atoms with Crippen molar-refractivity contribution in [3.05, 3.63) is 48.5 Å². The molecule has 0 aliphatic carbocycles. The molecule has 0 aromatic heterocycles. The van der Waals surface area contributed by atoms with Crippen molar-refractivity contribution >= 4 is 23.4 Å². The van der Waals surface area contributed by atoms with Gasteiger partial charge in [-0.2, -0.15) is 0 Å². The number of ether oxygens (including phenoxy) is 1. The first kappa shape index (κ1) is 17.6. The number of nitrogens with two attached hydrogens (primary N) is 1. The predicted octanol–water partition coefficient (Wildman–Crippen LogP) is 3.39. The van der Waals surface area contributed by atoms with Crippen molar-refractivity contribution in [2.45, 2.75) is 12.8 Å². The molecule has 0 saturated carbocycles. The first-order valence-corrected chi connectivity index (χ1v) is 8.43. The summed E-state index contributed by atoms with van der Waals surface area (Å²) in [5, 5.41) is 11.9. The van der Waals surface area contributed by atoms with E-state index >= 15 is 0 Å². The van der Waals surface area contributed by atoms with Crippen molar-refractivity contribution < 1.29 is 19.4 Å². The lowest BCUT2D eigenvalue weighted by Crippen LogP contribution is -2.44. The number of benzene rings is 2. The molecule has 1 aliphatic heterocycles. The average molecular weight is 355 g/mol. The third-order valence-corrected chi connectivity index (χ3v) is 4.24. The third kappa shape index (κ3) is 4.44. The number of nitrogens with one attached hydrogen (secondary N) is 1. The van der Waals surface area contributed by atoms with E-state index in [1.807, 2.05) is 0 Å². The highest BCUT2D eigenvalue weighted by Gasteiger charge is 2.28. The number of rotatable bonds is 4. The first-order valence-electron chi connectivity index (χ1n) is 8.43. The Labute approximate surface area is 151 Å². The molecule has 1 saturated heterocycles. The largest absolute Gasteiger partial charge is 0.481 e. The van der Waals surface area contributed by atoms with Gasteiger partial charge in [-0.3, -0.25) is 4.79 Å². The van der Waals surface area contributed by atoms with Crippen molar-refractivity contribution in [1.29, 1.82) is 0 Å². The van der Waals surface area contributed by atoms with Gasteiger partial charge in [-0.1, -0.05) is 12.1 Å². The quantitative estimate of drug-likeness (QED) is 0.729. The molecular weight excluding hydrogens is 334 g/mol. The van der Waals surface area contributed by atoms with E-state index in [1.54, 1.807) is 48.5 Å². The number of hydrogen-bond donors (Lipinski definition) is 3. The predicted molar refractivity (Wildman–Crippen MR) is 98.3 cm³/mol. The molecule has 2 aromatic carbocycles. The highest BCUT2D eigenvalue weighted by atomic mass is 16.5. The van der Waals surface area contributed by atoms with Gasteiger partial charge in [0.2, 0.25) is 0 Å². The molecule has 0 spiro atoms. The van der Waals surface area contributed by atoms with Crippen LogP contribution in [0.5, 0.6) is 11.5 Å². The van der Waals surface area contributed by atoms with Crippen LogP contribution in [0.15, 0.2) is 48.5 Å². The molecule has 2 amide bonds. The number of carboxylic acids is 1. The minimum Gasteiger partial charge on any atom is -0.481 e. The zero-order valence-electron chi connectivity index (χ0n) is 14.2. The van der Waals surface area contributed by atoms with Gasteiger partial charge in [-0.15, -0.1) is 0 Å². The lowest BCUT2D eigenvalue weighted by molar-refractivity contribution is -0.143. The average Bonchev–Trinajstić information content (AvgIpc) is 2.62. The molecule has 0 bridgehead atoms. The van der Waals surface area contributed by atoms with Crippen LogP contribution in [0.1, 0.15) is 12.8 Å². The van der Waals surface area contributed by atoms with Crippen LogP contribution in [0.4, 0.5) is 16.2 Å². The minimum atomic E-state index is -0.861. The number of likely N-dealkylation sites (tertiary alicyclic amines) is 1. The maximum absolute atomic E-state index is 12.4. The standard InChI is InChI=1S/C19H21N3O4/c20-14-5-1-7-16(10-14)26-17-8-2-6-15(11-17)21-19(25)22-9-3-4-13(12-22)18(23)24/h1-2,5-8,10-11,13H,3-4,9,12,20H2,(H,21,25)(H,23,24). The smallest absolute Gasteiger partial charge is 0.321 e. The van der Waals surface area contributed by atoms with E-state index in [-0.39, 0.29) is 12.6 Å². The molecule has 26 heavy (non-hydrogen) atoms. The molecule has 1 unspecified atom stereocenters. The van der Waals surface area contributed by atoms with E-state index in [9.17, 15) is 9.59 Å². The number of anilines is 2. The number of urea groups is 1. The van der Waals surface area contributed by atoms with Gasteiger partial charge in [-0.05, 0) is 37.1 Å². The molecular formula is C19H21N3O4. The Balaban J connectivity index is 1.64. The Morgan fingerprint density at radius 3 is 2.62 bits per heavy atom. The second-order valence-corrected chi connectivity index (χ2v) is 6.26. The molecule has 136 valence electrons. The van der Waals surface area contributed by atoms with Crippen LogP contribution in [0.3, 0.4) is 0 Å². The number of carbonyl (C=O) groups excluding carboxylic acids is 1. The van der Waals surface area contributed by atoms with Gasteiger partial charge in [0.25, 0.3) is 0 Å². The number of hydrogen-bond acceptors (Lipinski definition) is 4. The Kier molecular flexibility index (Phi) is 5.26. The summed E-state index contributed by atoms with van der Waals surface area (Å²) in [7, 11) is 0. The van der Waals surface area contributed by atoms with E-state index in [1.165, 1.54) is 4.90 Å². The van der Waals surface area contributed by atoms with Gasteiger partial charge in [-0.25, -0.2) is 4.79 Å². The number of carboxylic acid groups (broad SMARTS) is 1. The molecule has 4 N–H and O–H groups in total. The number of nitrogen functional groups attached to an aromatic ring is 1. The molecule has 1 heterocycles. The normalized spacial score (nSPS) is 16.8. The van der Waals surface area contributed by atoms with Crippen molar-refractivity contribution in [2.24, 2.45) is 5.92 Å². The fraction of sp³-hybridized carbons (Fsp3) is 0.263. The van der Waals surface area contributed by atoms with Crippen LogP contribution < -0.4 is 15.8 Å². The highest BCUT2D eigenvalue weighted by molar-refractivity contribution is 5.90. The van der Waals surface area contributed by atoms with Crippen molar-refractivity contribution in [2.75, 3.05) is 24.1 Å². The van der Waals surface area contributed by atoms with Gasteiger partial charge in [0.1, 0.15) is 11.5 Å². The summed E-state index contributed by atoms with van der Waals surface area (Å²) >= 11 is 0. The van der Waals surface area contributed by atoms with Crippen LogP contribution >= 0.6 is 0 Å². The summed E-state index contributed by atoms with van der Waals surface area (Å²) in [6, 6.07) is 13.8. The maximum atomic E-state index is 12.4. The summed E-state index contributed by atoms with van der Waals surface area (Å²) in [5.41, 5.74) is 6.92. The second kappa shape index (κ2) is 7.77. The lowest BCUT2D eigenvalue weighted by Gasteiger charge is -2.30. The van der Waals surface area contributed by atoms with E-state index in [4.69, 9.17) is 15.6 Å². The summed E-state index contributed by atoms with van der Waals surface area (Å²) < 4.78 is 5.75. The highest BCUT2D eigenvalue weighted by Crippen LogP contribution is 2.26. The third-order valence-electron chi connectivity index (χ3n) is 4.24. The van der Waals surface area contributed by atoms with E-state index < -0.39 is 11.9 Å². The molecule has 1 atom stereocenters. The number of nitrogens with zero attached hydrogens (tertiary/aromatic N) is 1. The SMILES string of the molecule is Nc1cccc(Oc2cccc(NC(=O)N3CCCC(C(=O)O)C3)c2)c1. The summed E-state index contributed by atoms with van der Waals surface area (Å²) in [5.74, 6) is -0.197. The molecule has 1 aliphatic rings. The minimum absolute atomic E-state index is 0.223. The van der Waals surface area contributed by atoms with Crippen molar-refractivity contribution in [3.63, 3.8) is 0 Å². The summed E-state index contributed by atoms with van der Waals surface area (Å²) in [6.45, 7) is 0.774. The molecule has 1 fully saturated rings. The molecule has 0 radical (unpaired) electrons. The van der Waals surface area contributed by atoms with Gasteiger partial charge >= 0.3 is 12.0 Å². The lowest BCUT2D eigenvalue weighted by atomic mass is 9.99. The fourth-order valence-electron chi connectivity index (χ4n) is 2.92. The Morgan fingerprint density at radius 1 is 1.15 bits per heavy atom. The number of carbonyl (C=O) groups is 2. The zero-order chi connectivity index (χ0) is 18.5. The van der Waals surface area contributed by atoms with Crippen molar-refractivity contribution in [1.82, 2.24) is 4.90 Å². The Morgan fingerprint density at radius 2 is 1.88 bits per heavy atom. The number of piperidine rings is 1. The van der Waals surface area contributed by atoms with Gasteiger partial charge in [0.05, 0.1) is 5.92 Å². The van der Waals surface area contributed by atoms with E-state index in [0.717, 1.165) is 0 Å². The topological polar surface area (TPSA) is 105 Å². The zero-order valence-corrected chi connectivity index (χ0v) is 14.2. The Hall–Kier alpha value is -3.22. The number of aliphatic carboxylic acids is 1. The van der Waals surface area contributed by atoms with Crippen LogP contribution in [0.2, 0.25) is 0 Å².